The normalized spacial score (nSPS) is 17.6. The van der Waals surface area contributed by atoms with Gasteiger partial charge in [0.25, 0.3) is 0 Å². The maximum absolute atomic E-state index is 13.2. The Bertz CT molecular complexity index is 1180. The minimum Gasteiger partial charge on any atom is -0.390 e. The van der Waals surface area contributed by atoms with Crippen molar-refractivity contribution in [1.82, 2.24) is 10.8 Å². The summed E-state index contributed by atoms with van der Waals surface area (Å²) in [5.41, 5.74) is 6.08. The smallest absolute Gasteiger partial charge is 0.244 e. The molecule has 0 fully saturated rings. The molecule has 1 aliphatic rings. The molecule has 176 valence electrons. The number of aliphatic hydroxyl groups is 1. The fourth-order valence-electron chi connectivity index (χ4n) is 4.38. The highest BCUT2D eigenvalue weighted by Gasteiger charge is 2.34. The summed E-state index contributed by atoms with van der Waals surface area (Å²) in [6.45, 7) is 0. The maximum atomic E-state index is 13.2. The highest BCUT2D eigenvalue weighted by molar-refractivity contribution is 6.35. The molecule has 34 heavy (non-hydrogen) atoms. The van der Waals surface area contributed by atoms with Crippen molar-refractivity contribution in [3.8, 4) is 11.1 Å². The Balaban J connectivity index is 1.51. The molecule has 0 saturated carbocycles. The number of hydroxylamine groups is 1. The van der Waals surface area contributed by atoms with E-state index in [4.69, 9.17) is 28.4 Å². The fraction of sp³-hybridized carbons (Fsp3) is 0.231. The standard InChI is InChI=1S/C26H24Cl2N2O4/c27-20-10-18(11-21(28)14-20)16-7-5-15(6-8-16)9-19(13-24(32)30-34)26(33)29-25-22-4-2-1-3-17(22)12-23(25)31/h1-8,10-11,14,19,23,25,31,34H,9,12-13H2,(H,29,33)(H,30,32). The van der Waals surface area contributed by atoms with Gasteiger partial charge in [-0.05, 0) is 52.4 Å². The molecule has 0 aromatic heterocycles. The number of carbonyl (C=O) groups is 2. The van der Waals surface area contributed by atoms with Crippen molar-refractivity contribution in [2.75, 3.05) is 0 Å². The number of fused-ring (bicyclic) bond motifs is 1. The van der Waals surface area contributed by atoms with Crippen LogP contribution in [-0.4, -0.2) is 28.2 Å². The minimum atomic E-state index is -0.738. The van der Waals surface area contributed by atoms with Gasteiger partial charge < -0.3 is 10.4 Å². The second-order valence-electron chi connectivity index (χ2n) is 8.45. The van der Waals surface area contributed by atoms with E-state index in [-0.39, 0.29) is 18.7 Å². The van der Waals surface area contributed by atoms with Gasteiger partial charge >= 0.3 is 0 Å². The van der Waals surface area contributed by atoms with Gasteiger partial charge in [0, 0.05) is 22.9 Å². The molecule has 0 bridgehead atoms. The Kier molecular flexibility index (Phi) is 7.54. The molecule has 3 aromatic rings. The van der Waals surface area contributed by atoms with Crippen LogP contribution >= 0.6 is 23.2 Å². The molecule has 0 radical (unpaired) electrons. The molecule has 4 rings (SSSR count). The van der Waals surface area contributed by atoms with E-state index < -0.39 is 24.0 Å². The van der Waals surface area contributed by atoms with E-state index in [0.29, 0.717) is 16.5 Å². The number of carbonyl (C=O) groups excluding carboxylic acids is 2. The first-order chi connectivity index (χ1) is 16.3. The van der Waals surface area contributed by atoms with Gasteiger partial charge in [0.15, 0.2) is 0 Å². The van der Waals surface area contributed by atoms with Crippen LogP contribution < -0.4 is 10.8 Å². The van der Waals surface area contributed by atoms with Crippen molar-refractivity contribution in [3.05, 3.63) is 93.5 Å². The summed E-state index contributed by atoms with van der Waals surface area (Å²) in [7, 11) is 0. The summed E-state index contributed by atoms with van der Waals surface area (Å²) in [5.74, 6) is -1.76. The molecule has 4 N–H and O–H groups in total. The number of aliphatic hydroxyl groups excluding tert-OH is 1. The van der Waals surface area contributed by atoms with E-state index in [1.54, 1.807) is 11.5 Å². The zero-order valence-corrected chi connectivity index (χ0v) is 19.7. The first-order valence-corrected chi connectivity index (χ1v) is 11.6. The predicted molar refractivity (Wildman–Crippen MR) is 131 cm³/mol. The summed E-state index contributed by atoms with van der Waals surface area (Å²) < 4.78 is 0. The summed E-state index contributed by atoms with van der Waals surface area (Å²) in [4.78, 5) is 25.1. The maximum Gasteiger partial charge on any atom is 0.244 e. The van der Waals surface area contributed by atoms with E-state index in [0.717, 1.165) is 27.8 Å². The van der Waals surface area contributed by atoms with Gasteiger partial charge in [-0.15, -0.1) is 0 Å². The molecule has 1 aliphatic carbocycles. The summed E-state index contributed by atoms with van der Waals surface area (Å²) in [5, 5.41) is 23.5. The van der Waals surface area contributed by atoms with Gasteiger partial charge in [-0.1, -0.05) is 71.7 Å². The zero-order valence-electron chi connectivity index (χ0n) is 18.2. The number of benzene rings is 3. The number of halogens is 2. The molecule has 0 heterocycles. The lowest BCUT2D eigenvalue weighted by Gasteiger charge is -2.22. The lowest BCUT2D eigenvalue weighted by Crippen LogP contribution is -2.40. The van der Waals surface area contributed by atoms with E-state index in [1.807, 2.05) is 60.7 Å². The lowest BCUT2D eigenvalue weighted by molar-refractivity contribution is -0.135. The molecule has 2 amide bonds. The van der Waals surface area contributed by atoms with Crippen molar-refractivity contribution < 1.29 is 19.9 Å². The van der Waals surface area contributed by atoms with Crippen LogP contribution in [0.5, 0.6) is 0 Å². The van der Waals surface area contributed by atoms with E-state index >= 15 is 0 Å². The highest BCUT2D eigenvalue weighted by atomic mass is 35.5. The van der Waals surface area contributed by atoms with Crippen molar-refractivity contribution in [3.63, 3.8) is 0 Å². The van der Waals surface area contributed by atoms with Crippen LogP contribution in [0, 0.1) is 5.92 Å². The van der Waals surface area contributed by atoms with Gasteiger partial charge in [-0.2, -0.15) is 0 Å². The summed E-state index contributed by atoms with van der Waals surface area (Å²) >= 11 is 12.2. The quantitative estimate of drug-likeness (QED) is 0.285. The molecular formula is C26H24Cl2N2O4. The number of hydrogen-bond donors (Lipinski definition) is 4. The molecule has 8 heteroatoms. The van der Waals surface area contributed by atoms with Crippen LogP contribution in [0.25, 0.3) is 11.1 Å². The third kappa shape index (κ3) is 5.59. The van der Waals surface area contributed by atoms with Crippen molar-refractivity contribution in [2.45, 2.75) is 31.4 Å². The van der Waals surface area contributed by atoms with E-state index in [2.05, 4.69) is 5.32 Å². The topological polar surface area (TPSA) is 98.7 Å². The van der Waals surface area contributed by atoms with Crippen molar-refractivity contribution in [2.24, 2.45) is 5.92 Å². The zero-order chi connectivity index (χ0) is 24.2. The Morgan fingerprint density at radius 1 is 0.971 bits per heavy atom. The second kappa shape index (κ2) is 10.6. The van der Waals surface area contributed by atoms with Gasteiger partial charge in [0.2, 0.25) is 11.8 Å². The molecular weight excluding hydrogens is 475 g/mol. The monoisotopic (exact) mass is 498 g/mol. The Labute approximate surface area is 207 Å². The largest absolute Gasteiger partial charge is 0.390 e. The Morgan fingerprint density at radius 2 is 1.65 bits per heavy atom. The number of hydrogen-bond acceptors (Lipinski definition) is 4. The Hall–Kier alpha value is -2.90. The van der Waals surface area contributed by atoms with Crippen LogP contribution in [0.1, 0.15) is 29.2 Å². The van der Waals surface area contributed by atoms with Crippen LogP contribution in [0.2, 0.25) is 10.0 Å². The molecule has 3 unspecified atom stereocenters. The third-order valence-electron chi connectivity index (χ3n) is 6.06. The molecule has 6 nitrogen and oxygen atoms in total. The number of amides is 2. The molecule has 0 spiro atoms. The summed E-state index contributed by atoms with van der Waals surface area (Å²) in [6, 6.07) is 19.9. The molecule has 3 aromatic carbocycles. The van der Waals surface area contributed by atoms with E-state index in [1.165, 1.54) is 0 Å². The van der Waals surface area contributed by atoms with Gasteiger partial charge in [-0.25, -0.2) is 5.48 Å². The average Bonchev–Trinajstić information content (AvgIpc) is 3.13. The first kappa shape index (κ1) is 24.2. The van der Waals surface area contributed by atoms with Crippen LogP contribution in [0.4, 0.5) is 0 Å². The average molecular weight is 499 g/mol. The molecule has 0 aliphatic heterocycles. The predicted octanol–water partition coefficient (Wildman–Crippen LogP) is 4.49. The minimum absolute atomic E-state index is 0.196. The number of nitrogens with one attached hydrogen (secondary N) is 2. The lowest BCUT2D eigenvalue weighted by atomic mass is 9.93. The third-order valence-corrected chi connectivity index (χ3v) is 6.50. The first-order valence-electron chi connectivity index (χ1n) is 10.9. The molecule has 3 atom stereocenters. The SMILES string of the molecule is O=C(CC(Cc1ccc(-c2cc(Cl)cc(Cl)c2)cc1)C(=O)NC1c2ccccc2CC1O)NO. The molecule has 0 saturated heterocycles. The second-order valence-corrected chi connectivity index (χ2v) is 9.32. The summed E-state index contributed by atoms with van der Waals surface area (Å²) in [6.07, 6.45) is -0.200. The van der Waals surface area contributed by atoms with Crippen molar-refractivity contribution >= 4 is 35.0 Å². The fourth-order valence-corrected chi connectivity index (χ4v) is 4.91. The van der Waals surface area contributed by atoms with Gasteiger partial charge in [0.05, 0.1) is 18.1 Å². The van der Waals surface area contributed by atoms with Gasteiger partial charge in [-0.3, -0.25) is 14.8 Å². The highest BCUT2D eigenvalue weighted by Crippen LogP contribution is 2.32. The van der Waals surface area contributed by atoms with E-state index in [9.17, 15) is 14.7 Å². The van der Waals surface area contributed by atoms with Crippen LogP contribution in [0.15, 0.2) is 66.7 Å². The Morgan fingerprint density at radius 3 is 2.32 bits per heavy atom. The van der Waals surface area contributed by atoms with Gasteiger partial charge in [0.1, 0.15) is 0 Å². The van der Waals surface area contributed by atoms with Crippen LogP contribution in [-0.2, 0) is 22.4 Å². The van der Waals surface area contributed by atoms with Crippen molar-refractivity contribution in [1.29, 1.82) is 0 Å². The van der Waals surface area contributed by atoms with Crippen LogP contribution in [0.3, 0.4) is 0 Å². The number of rotatable bonds is 7.